The van der Waals surface area contributed by atoms with Gasteiger partial charge in [-0.3, -0.25) is 4.98 Å². The first-order valence-electron chi connectivity index (χ1n) is 6.62. The predicted molar refractivity (Wildman–Crippen MR) is 77.0 cm³/mol. The van der Waals surface area contributed by atoms with Crippen LogP contribution in [0, 0.1) is 5.82 Å². The Hall–Kier alpha value is -2.14. The average molecular weight is 291 g/mol. The smallest absolute Gasteiger partial charge is 0.161 e. The highest BCUT2D eigenvalue weighted by molar-refractivity contribution is 5.46. The third-order valence-electron chi connectivity index (χ3n) is 3.52. The second-order valence-electron chi connectivity index (χ2n) is 4.65. The van der Waals surface area contributed by atoms with Crippen LogP contribution in [0.1, 0.15) is 24.6 Å². The topological polar surface area (TPSA) is 51.6 Å². The largest absolute Gasteiger partial charge is 0.493 e. The van der Waals surface area contributed by atoms with E-state index in [2.05, 4.69) is 4.98 Å². The zero-order chi connectivity index (χ0) is 15.5. The van der Waals surface area contributed by atoms with Crippen LogP contribution in [0.25, 0.3) is 0 Å². The van der Waals surface area contributed by atoms with Gasteiger partial charge in [-0.2, -0.15) is 0 Å². The van der Waals surface area contributed by atoms with Crippen LogP contribution in [0.15, 0.2) is 36.5 Å². The van der Waals surface area contributed by atoms with Gasteiger partial charge in [-0.05, 0) is 36.2 Å². The summed E-state index contributed by atoms with van der Waals surface area (Å²) in [6.45, 7) is 1.84. The first-order chi connectivity index (χ1) is 10.0. The van der Waals surface area contributed by atoms with Crippen molar-refractivity contribution in [2.45, 2.75) is 18.9 Å². The summed E-state index contributed by atoms with van der Waals surface area (Å²) in [4.78, 5) is 4.00. The van der Waals surface area contributed by atoms with Crippen molar-refractivity contribution in [3.05, 3.63) is 53.6 Å². The SMILES string of the molecule is CCC(O)(c1ccc(OC)c(OC)c1)c1ccc(F)cn1. The molecule has 1 heterocycles. The van der Waals surface area contributed by atoms with E-state index in [9.17, 15) is 9.50 Å². The Morgan fingerprint density at radius 3 is 2.38 bits per heavy atom. The highest BCUT2D eigenvalue weighted by Crippen LogP contribution is 2.37. The van der Waals surface area contributed by atoms with Crippen LogP contribution in [0.2, 0.25) is 0 Å². The van der Waals surface area contributed by atoms with Gasteiger partial charge in [0.15, 0.2) is 11.5 Å². The lowest BCUT2D eigenvalue weighted by Gasteiger charge is -2.27. The van der Waals surface area contributed by atoms with Crippen LogP contribution >= 0.6 is 0 Å². The van der Waals surface area contributed by atoms with Gasteiger partial charge in [-0.1, -0.05) is 13.0 Å². The molecule has 1 unspecified atom stereocenters. The maximum Gasteiger partial charge on any atom is 0.161 e. The quantitative estimate of drug-likeness (QED) is 0.920. The fourth-order valence-electron chi connectivity index (χ4n) is 2.25. The van der Waals surface area contributed by atoms with Crippen molar-refractivity contribution in [3.8, 4) is 11.5 Å². The minimum absolute atomic E-state index is 0.388. The minimum atomic E-state index is -1.31. The van der Waals surface area contributed by atoms with Gasteiger partial charge in [0.1, 0.15) is 11.4 Å². The zero-order valence-corrected chi connectivity index (χ0v) is 12.3. The fraction of sp³-hybridized carbons (Fsp3) is 0.312. The number of benzene rings is 1. The number of hydrogen-bond donors (Lipinski definition) is 1. The second-order valence-corrected chi connectivity index (χ2v) is 4.65. The van der Waals surface area contributed by atoms with E-state index < -0.39 is 11.4 Å². The molecule has 0 radical (unpaired) electrons. The Bertz CT molecular complexity index is 615. The van der Waals surface area contributed by atoms with Crippen molar-refractivity contribution in [2.75, 3.05) is 14.2 Å². The number of hydrogen-bond acceptors (Lipinski definition) is 4. The summed E-state index contributed by atoms with van der Waals surface area (Å²) < 4.78 is 23.5. The summed E-state index contributed by atoms with van der Waals surface area (Å²) in [5.74, 6) is 0.653. The number of aromatic nitrogens is 1. The molecule has 0 spiro atoms. The third-order valence-corrected chi connectivity index (χ3v) is 3.52. The van der Waals surface area contributed by atoms with Crippen LogP contribution in [-0.2, 0) is 5.60 Å². The summed E-state index contributed by atoms with van der Waals surface area (Å²) in [6.07, 6.45) is 1.48. The standard InChI is InChI=1S/C16H18FNO3/c1-4-16(19,15-8-6-12(17)10-18-15)11-5-7-13(20-2)14(9-11)21-3/h5-10,19H,4H2,1-3H3. The number of pyridine rings is 1. The number of ether oxygens (including phenoxy) is 2. The van der Waals surface area contributed by atoms with E-state index in [1.807, 2.05) is 6.92 Å². The van der Waals surface area contributed by atoms with Gasteiger partial charge in [0.25, 0.3) is 0 Å². The van der Waals surface area contributed by atoms with E-state index >= 15 is 0 Å². The molecule has 2 aromatic rings. The summed E-state index contributed by atoms with van der Waals surface area (Å²) in [7, 11) is 3.08. The molecule has 1 N–H and O–H groups in total. The summed E-state index contributed by atoms with van der Waals surface area (Å²) in [5.41, 5.74) is -0.312. The Kier molecular flexibility index (Phi) is 4.43. The summed E-state index contributed by atoms with van der Waals surface area (Å²) in [5, 5.41) is 11.0. The normalized spacial score (nSPS) is 13.6. The molecule has 0 amide bonds. The molecule has 2 rings (SSSR count). The highest BCUT2D eigenvalue weighted by atomic mass is 19.1. The fourth-order valence-corrected chi connectivity index (χ4v) is 2.25. The first-order valence-corrected chi connectivity index (χ1v) is 6.62. The molecule has 0 fully saturated rings. The van der Waals surface area contributed by atoms with E-state index in [4.69, 9.17) is 9.47 Å². The molecule has 1 aromatic heterocycles. The maximum atomic E-state index is 13.0. The molecule has 112 valence electrons. The lowest BCUT2D eigenvalue weighted by Crippen LogP contribution is -2.27. The lowest BCUT2D eigenvalue weighted by molar-refractivity contribution is 0.0714. The van der Waals surface area contributed by atoms with Crippen LogP contribution in [0.5, 0.6) is 11.5 Å². The Balaban J connectivity index is 2.51. The van der Waals surface area contributed by atoms with E-state index in [1.54, 1.807) is 25.3 Å². The van der Waals surface area contributed by atoms with Gasteiger partial charge in [0.2, 0.25) is 0 Å². The molecule has 0 aliphatic heterocycles. The lowest BCUT2D eigenvalue weighted by atomic mass is 9.87. The monoisotopic (exact) mass is 291 g/mol. The number of nitrogens with zero attached hydrogens (tertiary/aromatic N) is 1. The van der Waals surface area contributed by atoms with Crippen molar-refractivity contribution in [1.82, 2.24) is 4.98 Å². The zero-order valence-electron chi connectivity index (χ0n) is 12.3. The average Bonchev–Trinajstić information content (AvgIpc) is 2.54. The van der Waals surface area contributed by atoms with Crippen molar-refractivity contribution >= 4 is 0 Å². The number of halogens is 1. The van der Waals surface area contributed by atoms with Crippen molar-refractivity contribution in [1.29, 1.82) is 0 Å². The van der Waals surface area contributed by atoms with Crippen LogP contribution in [-0.4, -0.2) is 24.3 Å². The van der Waals surface area contributed by atoms with Gasteiger partial charge < -0.3 is 14.6 Å². The molecule has 0 saturated heterocycles. The summed E-state index contributed by atoms with van der Waals surface area (Å²) in [6, 6.07) is 7.93. The van der Waals surface area contributed by atoms with Crippen LogP contribution < -0.4 is 9.47 Å². The molecule has 0 bridgehead atoms. The molecular weight excluding hydrogens is 273 g/mol. The van der Waals surface area contributed by atoms with Crippen molar-refractivity contribution in [3.63, 3.8) is 0 Å². The van der Waals surface area contributed by atoms with E-state index in [-0.39, 0.29) is 0 Å². The molecule has 0 saturated carbocycles. The first kappa shape index (κ1) is 15.3. The van der Waals surface area contributed by atoms with Gasteiger partial charge in [-0.15, -0.1) is 0 Å². The van der Waals surface area contributed by atoms with Crippen LogP contribution in [0.4, 0.5) is 4.39 Å². The van der Waals surface area contributed by atoms with Gasteiger partial charge in [-0.25, -0.2) is 4.39 Å². The van der Waals surface area contributed by atoms with Gasteiger partial charge >= 0.3 is 0 Å². The Morgan fingerprint density at radius 2 is 1.86 bits per heavy atom. The van der Waals surface area contributed by atoms with E-state index in [0.717, 1.165) is 6.20 Å². The molecule has 4 nitrogen and oxygen atoms in total. The number of rotatable bonds is 5. The second kappa shape index (κ2) is 6.10. The Labute approximate surface area is 123 Å². The highest BCUT2D eigenvalue weighted by Gasteiger charge is 2.32. The molecule has 0 aliphatic carbocycles. The molecule has 21 heavy (non-hydrogen) atoms. The van der Waals surface area contributed by atoms with Crippen molar-refractivity contribution in [2.24, 2.45) is 0 Å². The van der Waals surface area contributed by atoms with E-state index in [0.29, 0.717) is 29.2 Å². The molecule has 1 aromatic carbocycles. The van der Waals surface area contributed by atoms with E-state index in [1.165, 1.54) is 19.2 Å². The van der Waals surface area contributed by atoms with Gasteiger partial charge in [0, 0.05) is 0 Å². The molecule has 1 atom stereocenters. The number of methoxy groups -OCH3 is 2. The van der Waals surface area contributed by atoms with Crippen LogP contribution in [0.3, 0.4) is 0 Å². The van der Waals surface area contributed by atoms with Crippen molar-refractivity contribution < 1.29 is 19.0 Å². The minimum Gasteiger partial charge on any atom is -0.493 e. The summed E-state index contributed by atoms with van der Waals surface area (Å²) >= 11 is 0. The molecule has 5 heteroatoms. The molecule has 0 aliphatic rings. The number of aliphatic hydroxyl groups is 1. The van der Waals surface area contributed by atoms with Gasteiger partial charge in [0.05, 0.1) is 26.1 Å². The predicted octanol–water partition coefficient (Wildman–Crippen LogP) is 2.88. The Morgan fingerprint density at radius 1 is 1.14 bits per heavy atom. The maximum absolute atomic E-state index is 13.0. The molecular formula is C16H18FNO3. The third kappa shape index (κ3) is 2.83.